The number of hydrogen-bond donors (Lipinski definition) is 1. The van der Waals surface area contributed by atoms with Crippen molar-refractivity contribution in [3.8, 4) is 0 Å². The Balaban J connectivity index is 2.46. The Morgan fingerprint density at radius 3 is 2.43 bits per heavy atom. The zero-order valence-corrected chi connectivity index (χ0v) is 14.0. The molecule has 1 aromatic carbocycles. The molecule has 2 rings (SSSR count). The maximum atomic E-state index is 13.4. The summed E-state index contributed by atoms with van der Waals surface area (Å²) in [5, 5.41) is 2.77. The number of nitrogens with zero attached hydrogens (tertiary/aromatic N) is 1. The SMILES string of the molecule is CC1C(=O)NC(C(C)(C)C)C(=O)N1c1ccc(F)c(Br)c1. The van der Waals surface area contributed by atoms with E-state index < -0.39 is 23.3 Å². The molecule has 0 bridgehead atoms. The van der Waals surface area contributed by atoms with Crippen LogP contribution in [-0.2, 0) is 9.59 Å². The number of piperazine rings is 1. The standard InChI is InChI=1S/C15H18BrFN2O2/c1-8-13(20)18-12(15(2,3)4)14(21)19(8)9-5-6-11(17)10(16)7-9/h5-8,12H,1-4H3,(H,18,20). The van der Waals surface area contributed by atoms with Crippen LogP contribution in [0.1, 0.15) is 27.7 Å². The summed E-state index contributed by atoms with van der Waals surface area (Å²) >= 11 is 3.11. The van der Waals surface area contributed by atoms with Gasteiger partial charge in [0.05, 0.1) is 4.47 Å². The molecule has 1 aliphatic heterocycles. The molecule has 0 spiro atoms. The van der Waals surface area contributed by atoms with Gasteiger partial charge in [-0.25, -0.2) is 4.39 Å². The number of amides is 2. The quantitative estimate of drug-likeness (QED) is 0.840. The van der Waals surface area contributed by atoms with Crippen molar-refractivity contribution in [2.45, 2.75) is 39.8 Å². The molecule has 1 heterocycles. The van der Waals surface area contributed by atoms with Crippen LogP contribution in [0.4, 0.5) is 10.1 Å². The van der Waals surface area contributed by atoms with Gasteiger partial charge in [-0.05, 0) is 46.5 Å². The van der Waals surface area contributed by atoms with E-state index in [0.29, 0.717) is 5.69 Å². The molecule has 2 amide bonds. The van der Waals surface area contributed by atoms with Gasteiger partial charge in [-0.3, -0.25) is 14.5 Å². The van der Waals surface area contributed by atoms with Gasteiger partial charge in [-0.15, -0.1) is 0 Å². The first-order valence-electron chi connectivity index (χ1n) is 6.71. The minimum Gasteiger partial charge on any atom is -0.342 e. The molecule has 1 aromatic rings. The lowest BCUT2D eigenvalue weighted by Crippen LogP contribution is -2.66. The van der Waals surface area contributed by atoms with Crippen molar-refractivity contribution in [1.82, 2.24) is 5.32 Å². The molecule has 4 nitrogen and oxygen atoms in total. The molecular weight excluding hydrogens is 339 g/mol. The third-order valence-electron chi connectivity index (χ3n) is 3.59. The summed E-state index contributed by atoms with van der Waals surface area (Å²) in [5.41, 5.74) is 0.104. The fourth-order valence-electron chi connectivity index (χ4n) is 2.34. The zero-order valence-electron chi connectivity index (χ0n) is 12.4. The first-order chi connectivity index (χ1) is 9.62. The second kappa shape index (κ2) is 5.40. The van der Waals surface area contributed by atoms with Crippen LogP contribution in [0.3, 0.4) is 0 Å². The van der Waals surface area contributed by atoms with Crippen molar-refractivity contribution >= 4 is 33.4 Å². The molecule has 2 atom stereocenters. The van der Waals surface area contributed by atoms with E-state index in [1.807, 2.05) is 20.8 Å². The van der Waals surface area contributed by atoms with Gasteiger partial charge in [0.15, 0.2) is 0 Å². The number of hydrogen-bond acceptors (Lipinski definition) is 2. The van der Waals surface area contributed by atoms with Gasteiger partial charge >= 0.3 is 0 Å². The number of carbonyl (C=O) groups excluding carboxylic acids is 2. The van der Waals surface area contributed by atoms with E-state index in [9.17, 15) is 14.0 Å². The van der Waals surface area contributed by atoms with Crippen LogP contribution >= 0.6 is 15.9 Å². The van der Waals surface area contributed by atoms with Gasteiger partial charge in [0, 0.05) is 5.69 Å². The molecule has 1 saturated heterocycles. The summed E-state index contributed by atoms with van der Waals surface area (Å²) in [4.78, 5) is 26.3. The van der Waals surface area contributed by atoms with Crippen LogP contribution in [0.5, 0.6) is 0 Å². The molecule has 1 aliphatic rings. The highest BCUT2D eigenvalue weighted by atomic mass is 79.9. The molecule has 0 aromatic heterocycles. The zero-order chi connectivity index (χ0) is 15.9. The Kier molecular flexibility index (Phi) is 4.10. The van der Waals surface area contributed by atoms with Crippen molar-refractivity contribution < 1.29 is 14.0 Å². The van der Waals surface area contributed by atoms with Crippen LogP contribution in [-0.4, -0.2) is 23.9 Å². The second-order valence-corrected chi connectivity index (χ2v) is 7.14. The lowest BCUT2D eigenvalue weighted by atomic mass is 9.84. The highest BCUT2D eigenvalue weighted by Crippen LogP contribution is 2.30. The van der Waals surface area contributed by atoms with Crippen molar-refractivity contribution in [3.63, 3.8) is 0 Å². The number of halogens is 2. The largest absolute Gasteiger partial charge is 0.342 e. The number of benzene rings is 1. The van der Waals surface area contributed by atoms with Crippen LogP contribution in [0.15, 0.2) is 22.7 Å². The predicted molar refractivity (Wildman–Crippen MR) is 82.4 cm³/mol. The summed E-state index contributed by atoms with van der Waals surface area (Å²) in [6.45, 7) is 7.34. The van der Waals surface area contributed by atoms with E-state index in [1.54, 1.807) is 6.92 Å². The van der Waals surface area contributed by atoms with Crippen LogP contribution < -0.4 is 10.2 Å². The molecule has 1 fully saturated rings. The van der Waals surface area contributed by atoms with Crippen molar-refractivity contribution in [2.75, 3.05) is 4.90 Å². The Bertz CT molecular complexity index is 598. The molecule has 114 valence electrons. The van der Waals surface area contributed by atoms with Crippen LogP contribution in [0.25, 0.3) is 0 Å². The first-order valence-corrected chi connectivity index (χ1v) is 7.50. The average Bonchev–Trinajstić information content (AvgIpc) is 2.37. The van der Waals surface area contributed by atoms with Gasteiger partial charge in [0.1, 0.15) is 17.9 Å². The third kappa shape index (κ3) is 2.95. The average molecular weight is 357 g/mol. The van der Waals surface area contributed by atoms with Crippen molar-refractivity contribution in [1.29, 1.82) is 0 Å². The lowest BCUT2D eigenvalue weighted by Gasteiger charge is -2.42. The Hall–Kier alpha value is -1.43. The van der Waals surface area contributed by atoms with E-state index in [1.165, 1.54) is 23.1 Å². The molecule has 0 saturated carbocycles. The molecule has 2 unspecified atom stereocenters. The van der Waals surface area contributed by atoms with E-state index in [-0.39, 0.29) is 16.3 Å². The van der Waals surface area contributed by atoms with Crippen molar-refractivity contribution in [2.24, 2.45) is 5.41 Å². The summed E-state index contributed by atoms with van der Waals surface area (Å²) in [7, 11) is 0. The fraction of sp³-hybridized carbons (Fsp3) is 0.467. The predicted octanol–water partition coefficient (Wildman–Crippen LogP) is 2.85. The van der Waals surface area contributed by atoms with Crippen LogP contribution in [0, 0.1) is 11.2 Å². The third-order valence-corrected chi connectivity index (χ3v) is 4.19. The topological polar surface area (TPSA) is 49.4 Å². The van der Waals surface area contributed by atoms with E-state index in [2.05, 4.69) is 21.2 Å². The first kappa shape index (κ1) is 15.9. The van der Waals surface area contributed by atoms with Gasteiger partial charge in [0.25, 0.3) is 5.91 Å². The smallest absolute Gasteiger partial charge is 0.250 e. The minimum atomic E-state index is -0.631. The van der Waals surface area contributed by atoms with E-state index in [0.717, 1.165) is 0 Å². The van der Waals surface area contributed by atoms with Crippen molar-refractivity contribution in [3.05, 3.63) is 28.5 Å². The number of carbonyl (C=O) groups is 2. The molecule has 21 heavy (non-hydrogen) atoms. The molecule has 6 heteroatoms. The van der Waals surface area contributed by atoms with E-state index in [4.69, 9.17) is 0 Å². The second-order valence-electron chi connectivity index (χ2n) is 6.29. The minimum absolute atomic E-state index is 0.187. The molecule has 1 N–H and O–H groups in total. The van der Waals surface area contributed by atoms with Gasteiger partial charge in [0.2, 0.25) is 5.91 Å². The summed E-state index contributed by atoms with van der Waals surface area (Å²) < 4.78 is 13.6. The maximum Gasteiger partial charge on any atom is 0.250 e. The van der Waals surface area contributed by atoms with Gasteiger partial charge in [-0.1, -0.05) is 20.8 Å². The molecular formula is C15H18BrFN2O2. The lowest BCUT2D eigenvalue weighted by molar-refractivity contribution is -0.136. The molecule has 0 radical (unpaired) electrons. The van der Waals surface area contributed by atoms with E-state index >= 15 is 0 Å². The van der Waals surface area contributed by atoms with Gasteiger partial charge in [-0.2, -0.15) is 0 Å². The summed E-state index contributed by atoms with van der Waals surface area (Å²) in [6.07, 6.45) is 0. The Labute approximate surface area is 131 Å². The monoisotopic (exact) mass is 356 g/mol. The normalized spacial score (nSPS) is 23.2. The summed E-state index contributed by atoms with van der Waals surface area (Å²) in [6, 6.07) is 3.06. The van der Waals surface area contributed by atoms with Crippen LogP contribution in [0.2, 0.25) is 0 Å². The Morgan fingerprint density at radius 2 is 1.90 bits per heavy atom. The van der Waals surface area contributed by atoms with Gasteiger partial charge < -0.3 is 5.32 Å². The fourth-order valence-corrected chi connectivity index (χ4v) is 2.71. The maximum absolute atomic E-state index is 13.4. The number of anilines is 1. The molecule has 0 aliphatic carbocycles. The number of rotatable bonds is 1. The highest BCUT2D eigenvalue weighted by Gasteiger charge is 2.44. The summed E-state index contributed by atoms with van der Waals surface area (Å²) in [5.74, 6) is -0.809. The number of nitrogens with one attached hydrogen (secondary N) is 1. The Morgan fingerprint density at radius 1 is 1.29 bits per heavy atom. The highest BCUT2D eigenvalue weighted by molar-refractivity contribution is 9.10.